The van der Waals surface area contributed by atoms with E-state index in [-0.39, 0.29) is 23.5 Å². The Balaban J connectivity index is 2.75. The van der Waals surface area contributed by atoms with E-state index in [1.165, 1.54) is 19.2 Å². The predicted molar refractivity (Wildman–Crippen MR) is 77.4 cm³/mol. The van der Waals surface area contributed by atoms with E-state index >= 15 is 0 Å². The van der Waals surface area contributed by atoms with Crippen LogP contribution in [0.3, 0.4) is 0 Å². The number of aliphatic hydroxyl groups excluding tert-OH is 1. The summed E-state index contributed by atoms with van der Waals surface area (Å²) in [5.41, 5.74) is -0.118. The number of carbonyl (C=O) groups excluding carboxylic acids is 1. The first-order valence-electron chi connectivity index (χ1n) is 6.63. The van der Waals surface area contributed by atoms with E-state index in [2.05, 4.69) is 5.32 Å². The second-order valence-electron chi connectivity index (χ2n) is 5.14. The summed E-state index contributed by atoms with van der Waals surface area (Å²) in [6, 6.07) is 3.97. The Kier molecular flexibility index (Phi) is 6.10. The minimum absolute atomic E-state index is 0.0939. The van der Waals surface area contributed by atoms with Crippen LogP contribution in [0.5, 0.6) is 5.75 Å². The minimum Gasteiger partial charge on any atom is -0.490 e. The molecule has 0 aliphatic carbocycles. The largest absolute Gasteiger partial charge is 0.490 e. The summed E-state index contributed by atoms with van der Waals surface area (Å²) in [6.07, 6.45) is -0.0644. The van der Waals surface area contributed by atoms with Gasteiger partial charge in [-0.25, -0.2) is 0 Å². The van der Waals surface area contributed by atoms with E-state index in [0.29, 0.717) is 12.3 Å². The highest BCUT2D eigenvalue weighted by Crippen LogP contribution is 2.27. The number of nitrogens with one attached hydrogen (secondary N) is 1. The third kappa shape index (κ3) is 5.03. The second kappa shape index (κ2) is 7.58. The number of nitrogens with zero attached hydrogens (tertiary/aromatic N) is 1. The predicted octanol–water partition coefficient (Wildman–Crippen LogP) is 1.74. The van der Waals surface area contributed by atoms with Crippen LogP contribution < -0.4 is 10.1 Å². The lowest BCUT2D eigenvalue weighted by molar-refractivity contribution is -0.385. The van der Waals surface area contributed by atoms with Gasteiger partial charge in [-0.05, 0) is 24.5 Å². The molecule has 1 aromatic rings. The Bertz CT molecular complexity index is 516. The van der Waals surface area contributed by atoms with Crippen molar-refractivity contribution in [3.8, 4) is 5.75 Å². The average Bonchev–Trinajstić information content (AvgIpc) is 2.43. The van der Waals surface area contributed by atoms with E-state index in [1.807, 2.05) is 13.8 Å². The minimum atomic E-state index is -0.637. The smallest absolute Gasteiger partial charge is 0.311 e. The van der Waals surface area contributed by atoms with Gasteiger partial charge in [0.1, 0.15) is 0 Å². The molecule has 0 bridgehead atoms. The molecule has 116 valence electrons. The van der Waals surface area contributed by atoms with Gasteiger partial charge < -0.3 is 15.2 Å². The van der Waals surface area contributed by atoms with Crippen LogP contribution in [0.2, 0.25) is 0 Å². The molecule has 1 aromatic carbocycles. The van der Waals surface area contributed by atoms with Crippen molar-refractivity contribution in [3.63, 3.8) is 0 Å². The lowest BCUT2D eigenvalue weighted by atomic mass is 10.1. The molecular weight excluding hydrogens is 276 g/mol. The summed E-state index contributed by atoms with van der Waals surface area (Å²) in [6.45, 7) is 4.05. The number of aliphatic hydroxyl groups is 1. The molecule has 21 heavy (non-hydrogen) atoms. The SMILES string of the molecule is COc1ccc(C(=O)NCC(O)CC(C)C)cc1[N+](=O)[O-]. The van der Waals surface area contributed by atoms with Crippen LogP contribution in [-0.4, -0.2) is 35.7 Å². The van der Waals surface area contributed by atoms with Crippen LogP contribution in [0, 0.1) is 16.0 Å². The standard InChI is InChI=1S/C14H20N2O5/c1-9(2)6-11(17)8-15-14(18)10-4-5-13(21-3)12(7-10)16(19)20/h4-5,7,9,11,17H,6,8H2,1-3H3,(H,15,18). The van der Waals surface area contributed by atoms with E-state index in [4.69, 9.17) is 4.74 Å². The van der Waals surface area contributed by atoms with Crippen LogP contribution in [0.1, 0.15) is 30.6 Å². The third-order valence-corrected chi connectivity index (χ3v) is 2.88. The maximum Gasteiger partial charge on any atom is 0.311 e. The first-order valence-corrected chi connectivity index (χ1v) is 6.63. The van der Waals surface area contributed by atoms with E-state index in [1.54, 1.807) is 0 Å². The Morgan fingerprint density at radius 3 is 2.67 bits per heavy atom. The quantitative estimate of drug-likeness (QED) is 0.589. The maximum atomic E-state index is 11.9. The number of hydrogen-bond donors (Lipinski definition) is 2. The molecule has 0 aliphatic rings. The second-order valence-corrected chi connectivity index (χ2v) is 5.14. The molecule has 0 saturated carbocycles. The van der Waals surface area contributed by atoms with Crippen molar-refractivity contribution in [1.29, 1.82) is 0 Å². The van der Waals surface area contributed by atoms with E-state index in [9.17, 15) is 20.0 Å². The number of rotatable bonds is 7. The Morgan fingerprint density at radius 2 is 2.14 bits per heavy atom. The van der Waals surface area contributed by atoms with Gasteiger partial charge in [-0.15, -0.1) is 0 Å². The maximum absolute atomic E-state index is 11.9. The molecule has 1 atom stereocenters. The molecule has 0 saturated heterocycles. The fourth-order valence-electron chi connectivity index (χ4n) is 1.91. The summed E-state index contributed by atoms with van der Waals surface area (Å²) in [5.74, 6) is -0.0565. The molecule has 0 aliphatic heterocycles. The Labute approximate surface area is 123 Å². The average molecular weight is 296 g/mol. The highest BCUT2D eigenvalue weighted by Gasteiger charge is 2.18. The number of benzene rings is 1. The number of hydrogen-bond acceptors (Lipinski definition) is 5. The topological polar surface area (TPSA) is 102 Å². The van der Waals surface area contributed by atoms with Crippen molar-refractivity contribution >= 4 is 11.6 Å². The third-order valence-electron chi connectivity index (χ3n) is 2.88. The van der Waals surface area contributed by atoms with Gasteiger partial charge in [0.15, 0.2) is 5.75 Å². The number of nitro groups is 1. The summed E-state index contributed by atoms with van der Waals surface area (Å²) in [7, 11) is 1.32. The Hall–Kier alpha value is -2.15. The van der Waals surface area contributed by atoms with Crippen LogP contribution in [0.4, 0.5) is 5.69 Å². The van der Waals surface area contributed by atoms with Gasteiger partial charge in [0, 0.05) is 18.2 Å². The van der Waals surface area contributed by atoms with E-state index in [0.717, 1.165) is 6.07 Å². The summed E-state index contributed by atoms with van der Waals surface area (Å²) < 4.78 is 4.87. The zero-order valence-electron chi connectivity index (χ0n) is 12.3. The van der Waals surface area contributed by atoms with Crippen LogP contribution in [0.15, 0.2) is 18.2 Å². The van der Waals surface area contributed by atoms with Gasteiger partial charge in [0.2, 0.25) is 0 Å². The Morgan fingerprint density at radius 1 is 1.48 bits per heavy atom. The summed E-state index contributed by atoms with van der Waals surface area (Å²) in [4.78, 5) is 22.2. The van der Waals surface area contributed by atoms with Crippen LogP contribution in [0.25, 0.3) is 0 Å². The number of methoxy groups -OCH3 is 1. The van der Waals surface area contributed by atoms with Crippen molar-refractivity contribution in [2.45, 2.75) is 26.4 Å². The first kappa shape index (κ1) is 16.9. The monoisotopic (exact) mass is 296 g/mol. The van der Waals surface area contributed by atoms with Crippen LogP contribution in [-0.2, 0) is 0 Å². The van der Waals surface area contributed by atoms with Gasteiger partial charge in [-0.3, -0.25) is 14.9 Å². The van der Waals surface area contributed by atoms with Crippen molar-refractivity contribution in [1.82, 2.24) is 5.32 Å². The van der Waals surface area contributed by atoms with Crippen molar-refractivity contribution < 1.29 is 19.6 Å². The number of ether oxygens (including phenoxy) is 1. The van der Waals surface area contributed by atoms with Gasteiger partial charge in [0.25, 0.3) is 5.91 Å². The summed E-state index contributed by atoms with van der Waals surface area (Å²) >= 11 is 0. The molecular formula is C14H20N2O5. The number of carbonyl (C=O) groups is 1. The lowest BCUT2D eigenvalue weighted by Crippen LogP contribution is -2.32. The molecule has 2 N–H and O–H groups in total. The molecule has 7 heteroatoms. The van der Waals surface area contributed by atoms with Gasteiger partial charge >= 0.3 is 5.69 Å². The van der Waals surface area contributed by atoms with E-state index < -0.39 is 16.9 Å². The van der Waals surface area contributed by atoms with Crippen molar-refractivity contribution in [2.24, 2.45) is 5.92 Å². The summed E-state index contributed by atoms with van der Waals surface area (Å²) in [5, 5.41) is 23.1. The normalized spacial score (nSPS) is 12.0. The fraction of sp³-hybridized carbons (Fsp3) is 0.500. The first-order chi connectivity index (χ1) is 9.85. The number of nitro benzene ring substituents is 1. The zero-order chi connectivity index (χ0) is 16.0. The molecule has 7 nitrogen and oxygen atoms in total. The molecule has 1 amide bonds. The highest BCUT2D eigenvalue weighted by atomic mass is 16.6. The molecule has 0 heterocycles. The van der Waals surface area contributed by atoms with Crippen LogP contribution >= 0.6 is 0 Å². The van der Waals surface area contributed by atoms with Crippen molar-refractivity contribution in [2.75, 3.05) is 13.7 Å². The van der Waals surface area contributed by atoms with Crippen molar-refractivity contribution in [3.05, 3.63) is 33.9 Å². The van der Waals surface area contributed by atoms with Gasteiger partial charge in [0.05, 0.1) is 18.1 Å². The van der Waals surface area contributed by atoms with Gasteiger partial charge in [-0.2, -0.15) is 0 Å². The number of amides is 1. The molecule has 0 radical (unpaired) electrons. The lowest BCUT2D eigenvalue weighted by Gasteiger charge is -2.14. The fourth-order valence-corrected chi connectivity index (χ4v) is 1.91. The zero-order valence-corrected chi connectivity index (χ0v) is 12.3. The molecule has 0 spiro atoms. The molecule has 0 fully saturated rings. The molecule has 0 aromatic heterocycles. The highest BCUT2D eigenvalue weighted by molar-refractivity contribution is 5.95. The van der Waals surface area contributed by atoms with Gasteiger partial charge in [-0.1, -0.05) is 13.8 Å². The molecule has 1 rings (SSSR count). The molecule has 1 unspecified atom stereocenters.